The van der Waals surface area contributed by atoms with E-state index in [2.05, 4.69) is 18.7 Å². The van der Waals surface area contributed by atoms with Gasteiger partial charge in [0, 0.05) is 31.9 Å². The molecule has 0 N–H and O–H groups in total. The predicted octanol–water partition coefficient (Wildman–Crippen LogP) is 5.06. The second-order valence-electron chi connectivity index (χ2n) is 9.74. The lowest BCUT2D eigenvalue weighted by molar-refractivity contribution is -0.158. The minimum atomic E-state index is -1.06. The van der Waals surface area contributed by atoms with E-state index in [0.29, 0.717) is 37.9 Å². The van der Waals surface area contributed by atoms with Crippen molar-refractivity contribution in [1.29, 1.82) is 0 Å². The Morgan fingerprint density at radius 3 is 2.51 bits per heavy atom. The number of amides is 1. The van der Waals surface area contributed by atoms with Gasteiger partial charge in [-0.3, -0.25) is 0 Å². The summed E-state index contributed by atoms with van der Waals surface area (Å²) in [4.78, 5) is 29.1. The Hall–Kier alpha value is -3.22. The highest BCUT2D eigenvalue weighted by molar-refractivity contribution is 5.79. The van der Waals surface area contributed by atoms with Crippen molar-refractivity contribution in [2.75, 3.05) is 37.7 Å². The van der Waals surface area contributed by atoms with Crippen molar-refractivity contribution in [2.24, 2.45) is 5.92 Å². The third-order valence-corrected chi connectivity index (χ3v) is 5.87. The molecular formula is C28H38N2O5. The van der Waals surface area contributed by atoms with Crippen molar-refractivity contribution in [3.8, 4) is 5.75 Å². The van der Waals surface area contributed by atoms with E-state index >= 15 is 0 Å². The quantitative estimate of drug-likeness (QED) is 0.417. The van der Waals surface area contributed by atoms with E-state index < -0.39 is 5.60 Å². The Labute approximate surface area is 209 Å². The molecule has 0 unspecified atom stereocenters. The van der Waals surface area contributed by atoms with Gasteiger partial charge < -0.3 is 24.0 Å². The van der Waals surface area contributed by atoms with Crippen molar-refractivity contribution in [3.05, 3.63) is 59.7 Å². The maximum Gasteiger partial charge on any atom is 0.410 e. The molecule has 0 atom stereocenters. The lowest BCUT2D eigenvalue weighted by atomic mass is 10.1. The van der Waals surface area contributed by atoms with Gasteiger partial charge in [0.1, 0.15) is 12.4 Å². The first-order chi connectivity index (χ1) is 16.7. The molecule has 3 rings (SSSR count). The SMILES string of the molecule is CCOC(=O)C(C)(C)Oc1ccc2c(c1)CCN2CCN(CC(C)C)C(=O)OCc1ccccc1. The lowest BCUT2D eigenvalue weighted by Crippen LogP contribution is -2.40. The average Bonchev–Trinajstić information content (AvgIpc) is 3.22. The van der Waals surface area contributed by atoms with Crippen LogP contribution in [-0.4, -0.2) is 55.3 Å². The molecule has 0 aromatic heterocycles. The molecule has 1 aliphatic rings. The number of nitrogens with zero attached hydrogens (tertiary/aromatic N) is 2. The molecule has 7 heteroatoms. The van der Waals surface area contributed by atoms with Gasteiger partial charge in [-0.1, -0.05) is 44.2 Å². The summed E-state index contributed by atoms with van der Waals surface area (Å²) in [5, 5.41) is 0. The molecule has 0 spiro atoms. The maximum atomic E-state index is 12.8. The van der Waals surface area contributed by atoms with E-state index in [4.69, 9.17) is 14.2 Å². The predicted molar refractivity (Wildman–Crippen MR) is 137 cm³/mol. The summed E-state index contributed by atoms with van der Waals surface area (Å²) in [6.07, 6.45) is 0.599. The molecule has 0 bridgehead atoms. The first kappa shape index (κ1) is 26.4. The molecule has 1 amide bonds. The van der Waals surface area contributed by atoms with Gasteiger partial charge in [-0.05, 0) is 62.4 Å². The normalized spacial score (nSPS) is 12.9. The average molecular weight is 483 g/mol. The van der Waals surface area contributed by atoms with Crippen LogP contribution < -0.4 is 9.64 Å². The van der Waals surface area contributed by atoms with Crippen molar-refractivity contribution in [1.82, 2.24) is 4.90 Å². The Bertz CT molecular complexity index is 990. The van der Waals surface area contributed by atoms with Crippen molar-refractivity contribution in [2.45, 2.75) is 53.2 Å². The van der Waals surface area contributed by atoms with E-state index in [0.717, 1.165) is 24.2 Å². The molecule has 2 aromatic rings. The molecular weight excluding hydrogens is 444 g/mol. The topological polar surface area (TPSA) is 68.3 Å². The molecule has 190 valence electrons. The summed E-state index contributed by atoms with van der Waals surface area (Å²) < 4.78 is 16.7. The van der Waals surface area contributed by atoms with Gasteiger partial charge in [-0.15, -0.1) is 0 Å². The lowest BCUT2D eigenvalue weighted by Gasteiger charge is -2.28. The van der Waals surface area contributed by atoms with E-state index in [1.807, 2.05) is 48.5 Å². The zero-order valence-electron chi connectivity index (χ0n) is 21.6. The Morgan fingerprint density at radius 1 is 1.09 bits per heavy atom. The van der Waals surface area contributed by atoms with Crippen molar-refractivity contribution >= 4 is 17.7 Å². The molecule has 0 fully saturated rings. The second kappa shape index (κ2) is 12.0. The molecule has 2 aromatic carbocycles. The standard InChI is InChI=1S/C28H38N2O5/c1-6-33-26(31)28(4,5)35-24-12-13-25-23(18-24)14-15-29(25)16-17-30(19-21(2)3)27(32)34-20-22-10-8-7-9-11-22/h7-13,18,21H,6,14-17,19-20H2,1-5H3. The number of anilines is 1. The Morgan fingerprint density at radius 2 is 1.83 bits per heavy atom. The largest absolute Gasteiger partial charge is 0.476 e. The molecule has 1 aliphatic heterocycles. The highest BCUT2D eigenvalue weighted by Crippen LogP contribution is 2.32. The van der Waals surface area contributed by atoms with Crippen LogP contribution in [0.3, 0.4) is 0 Å². The van der Waals surface area contributed by atoms with E-state index in [-0.39, 0.29) is 18.7 Å². The summed E-state index contributed by atoms with van der Waals surface area (Å²) in [6.45, 7) is 12.8. The Kier molecular flexibility index (Phi) is 9.01. The van der Waals surface area contributed by atoms with Gasteiger partial charge in [0.05, 0.1) is 6.61 Å². The zero-order valence-corrected chi connectivity index (χ0v) is 21.6. The highest BCUT2D eigenvalue weighted by atomic mass is 16.6. The van der Waals surface area contributed by atoms with Crippen LogP contribution in [0.2, 0.25) is 0 Å². The smallest absolute Gasteiger partial charge is 0.410 e. The van der Waals surface area contributed by atoms with Crippen LogP contribution in [0.4, 0.5) is 10.5 Å². The molecule has 0 radical (unpaired) electrons. The van der Waals surface area contributed by atoms with E-state index in [1.54, 1.807) is 25.7 Å². The Balaban J connectivity index is 1.60. The van der Waals surface area contributed by atoms with Gasteiger partial charge in [0.15, 0.2) is 5.60 Å². The third kappa shape index (κ3) is 7.38. The van der Waals surface area contributed by atoms with Gasteiger partial charge in [0.25, 0.3) is 0 Å². The van der Waals surface area contributed by atoms with Crippen LogP contribution in [0, 0.1) is 5.92 Å². The van der Waals surface area contributed by atoms with E-state index in [9.17, 15) is 9.59 Å². The molecule has 1 heterocycles. The fraction of sp³-hybridized carbons (Fsp3) is 0.500. The third-order valence-electron chi connectivity index (χ3n) is 5.87. The number of rotatable bonds is 11. The minimum absolute atomic E-state index is 0.270. The monoisotopic (exact) mass is 482 g/mol. The van der Waals surface area contributed by atoms with Gasteiger partial charge in [-0.2, -0.15) is 0 Å². The van der Waals surface area contributed by atoms with Gasteiger partial charge >= 0.3 is 12.1 Å². The fourth-order valence-corrected chi connectivity index (χ4v) is 4.13. The zero-order chi connectivity index (χ0) is 25.4. The molecule has 0 saturated carbocycles. The van der Waals surface area contributed by atoms with Crippen molar-refractivity contribution in [3.63, 3.8) is 0 Å². The molecule has 35 heavy (non-hydrogen) atoms. The number of carbonyl (C=O) groups excluding carboxylic acids is 2. The van der Waals surface area contributed by atoms with Crippen LogP contribution in [0.25, 0.3) is 0 Å². The van der Waals surface area contributed by atoms with Crippen LogP contribution >= 0.6 is 0 Å². The van der Waals surface area contributed by atoms with Gasteiger partial charge in [0.2, 0.25) is 0 Å². The van der Waals surface area contributed by atoms with Crippen LogP contribution in [0.15, 0.2) is 48.5 Å². The number of hydrogen-bond donors (Lipinski definition) is 0. The fourth-order valence-electron chi connectivity index (χ4n) is 4.13. The maximum absolute atomic E-state index is 12.8. The molecule has 0 aliphatic carbocycles. The number of fused-ring (bicyclic) bond motifs is 1. The van der Waals surface area contributed by atoms with Crippen LogP contribution in [-0.2, 0) is 27.3 Å². The van der Waals surface area contributed by atoms with Crippen molar-refractivity contribution < 1.29 is 23.8 Å². The summed E-state index contributed by atoms with van der Waals surface area (Å²) in [7, 11) is 0. The van der Waals surface area contributed by atoms with Crippen LogP contribution in [0.1, 0.15) is 45.7 Å². The number of carbonyl (C=O) groups is 2. The van der Waals surface area contributed by atoms with E-state index in [1.165, 1.54) is 5.56 Å². The highest BCUT2D eigenvalue weighted by Gasteiger charge is 2.32. The number of esters is 1. The second-order valence-corrected chi connectivity index (χ2v) is 9.74. The minimum Gasteiger partial charge on any atom is -0.476 e. The first-order valence-corrected chi connectivity index (χ1v) is 12.4. The number of ether oxygens (including phenoxy) is 3. The van der Waals surface area contributed by atoms with Gasteiger partial charge in [-0.25, -0.2) is 9.59 Å². The summed E-state index contributed by atoms with van der Waals surface area (Å²) in [5.41, 5.74) is 2.22. The number of benzene rings is 2. The number of hydrogen-bond acceptors (Lipinski definition) is 6. The summed E-state index contributed by atoms with van der Waals surface area (Å²) in [6, 6.07) is 15.6. The molecule has 0 saturated heterocycles. The summed E-state index contributed by atoms with van der Waals surface area (Å²) >= 11 is 0. The van der Waals surface area contributed by atoms with Crippen LogP contribution in [0.5, 0.6) is 5.75 Å². The first-order valence-electron chi connectivity index (χ1n) is 12.4. The molecule has 7 nitrogen and oxygen atoms in total. The summed E-state index contributed by atoms with van der Waals surface area (Å²) in [5.74, 6) is 0.605.